The first-order chi connectivity index (χ1) is 20.0. The third-order valence-electron chi connectivity index (χ3n) is 7.34. The number of aliphatic hydroxyl groups is 1. The molecule has 12 heteroatoms. The van der Waals surface area contributed by atoms with Crippen molar-refractivity contribution in [2.75, 3.05) is 37.4 Å². The number of urea groups is 1. The Bertz CT molecular complexity index is 1420. The molecule has 3 amide bonds. The minimum Gasteiger partial charge on any atom is -0.488 e. The highest BCUT2D eigenvalue weighted by molar-refractivity contribution is 6.03. The molecule has 2 aromatic carbocycles. The molecule has 0 aliphatic carbocycles. The number of benzene rings is 2. The van der Waals surface area contributed by atoms with Crippen molar-refractivity contribution < 1.29 is 33.9 Å². The summed E-state index contributed by atoms with van der Waals surface area (Å²) < 4.78 is 11.5. The number of hydrogen-bond acceptors (Lipinski definition) is 8. The molecule has 0 bridgehead atoms. The molecule has 12 nitrogen and oxygen atoms in total. The number of aliphatic hydroxyl groups excluding tert-OH is 1. The lowest BCUT2D eigenvalue weighted by atomic mass is 9.99. The predicted octanol–water partition coefficient (Wildman–Crippen LogP) is 3.99. The Morgan fingerprint density at radius 1 is 1.17 bits per heavy atom. The smallest absolute Gasteiger partial charge is 0.335 e. The number of hydrogen-bond donors (Lipinski definition) is 4. The van der Waals surface area contributed by atoms with Gasteiger partial charge in [-0.25, -0.2) is 9.59 Å². The molecule has 4 N–H and O–H groups in total. The molecule has 2 heterocycles. The zero-order valence-electron chi connectivity index (χ0n) is 24.4. The predicted molar refractivity (Wildman–Crippen MR) is 156 cm³/mol. The topological polar surface area (TPSA) is 157 Å². The van der Waals surface area contributed by atoms with Crippen LogP contribution in [-0.2, 0) is 6.54 Å². The lowest BCUT2D eigenvalue weighted by Gasteiger charge is -2.38. The number of anilines is 2. The first-order valence-electron chi connectivity index (χ1n) is 13.7. The number of aromatic nitrogens is 1. The number of carbonyl (C=O) groups excluding carboxylic acids is 2. The summed E-state index contributed by atoms with van der Waals surface area (Å²) in [4.78, 5) is 41.3. The molecule has 0 saturated carbocycles. The van der Waals surface area contributed by atoms with E-state index in [1.807, 2.05) is 14.0 Å². The van der Waals surface area contributed by atoms with Crippen molar-refractivity contribution in [1.82, 2.24) is 15.0 Å². The maximum atomic E-state index is 13.7. The van der Waals surface area contributed by atoms with E-state index in [0.29, 0.717) is 48.2 Å². The van der Waals surface area contributed by atoms with E-state index in [1.54, 1.807) is 68.1 Å². The van der Waals surface area contributed by atoms with Crippen LogP contribution in [0.4, 0.5) is 16.2 Å². The summed E-state index contributed by atoms with van der Waals surface area (Å²) in [6.45, 7) is 8.44. The molecule has 1 aliphatic rings. The summed E-state index contributed by atoms with van der Waals surface area (Å²) in [6, 6.07) is 10.7. The number of rotatable bonds is 9. The monoisotopic (exact) mass is 579 g/mol. The van der Waals surface area contributed by atoms with Crippen molar-refractivity contribution in [3.63, 3.8) is 0 Å². The van der Waals surface area contributed by atoms with Crippen LogP contribution < -0.4 is 15.4 Å². The van der Waals surface area contributed by atoms with Gasteiger partial charge in [-0.1, -0.05) is 24.2 Å². The normalized spacial score (nSPS) is 17.6. The summed E-state index contributed by atoms with van der Waals surface area (Å²) >= 11 is 0. The van der Waals surface area contributed by atoms with Crippen LogP contribution in [0.15, 0.2) is 47.0 Å². The molecule has 0 radical (unpaired) electrons. The van der Waals surface area contributed by atoms with Gasteiger partial charge in [-0.3, -0.25) is 9.69 Å². The number of nitrogens with one attached hydrogen (secondary N) is 2. The van der Waals surface area contributed by atoms with E-state index in [-0.39, 0.29) is 35.7 Å². The molecule has 0 saturated heterocycles. The molecule has 1 aromatic heterocycles. The van der Waals surface area contributed by atoms with Crippen molar-refractivity contribution in [3.8, 4) is 5.75 Å². The van der Waals surface area contributed by atoms with Gasteiger partial charge in [0.2, 0.25) is 0 Å². The van der Waals surface area contributed by atoms with Crippen LogP contribution in [0.5, 0.6) is 5.75 Å². The SMILES string of the molecule is Cc1noc(C)c1NC(=O)Nc1ccc2c(c1)C(=O)N([C@@H](C)CO)C[C@H](C)[C@@H](CN(C)Cc1ccc(C(=O)O)cc1)O2. The second kappa shape index (κ2) is 13.0. The van der Waals surface area contributed by atoms with Crippen molar-refractivity contribution in [1.29, 1.82) is 0 Å². The van der Waals surface area contributed by atoms with Gasteiger partial charge < -0.3 is 35.0 Å². The van der Waals surface area contributed by atoms with Crippen molar-refractivity contribution >= 4 is 29.3 Å². The van der Waals surface area contributed by atoms with Crippen LogP contribution in [0.1, 0.15) is 51.6 Å². The average molecular weight is 580 g/mol. The molecule has 4 rings (SSSR count). The Balaban J connectivity index is 1.55. The van der Waals surface area contributed by atoms with E-state index in [0.717, 1.165) is 5.56 Å². The summed E-state index contributed by atoms with van der Waals surface area (Å²) in [6.07, 6.45) is -0.310. The minimum atomic E-state index is -0.971. The highest BCUT2D eigenvalue weighted by atomic mass is 16.5. The van der Waals surface area contributed by atoms with E-state index in [2.05, 4.69) is 20.7 Å². The van der Waals surface area contributed by atoms with Crippen LogP contribution in [0.3, 0.4) is 0 Å². The average Bonchev–Trinajstić information content (AvgIpc) is 3.27. The number of aromatic carboxylic acids is 1. The van der Waals surface area contributed by atoms with E-state index < -0.39 is 18.0 Å². The van der Waals surface area contributed by atoms with Crippen LogP contribution in [0, 0.1) is 19.8 Å². The molecule has 42 heavy (non-hydrogen) atoms. The number of likely N-dealkylation sites (N-methyl/N-ethyl adjacent to an activating group) is 1. The molecule has 1 aliphatic heterocycles. The summed E-state index contributed by atoms with van der Waals surface area (Å²) in [7, 11) is 1.95. The highest BCUT2D eigenvalue weighted by Gasteiger charge is 2.33. The standard InChI is InChI=1S/C30H37N5O7/c1-17-13-35(18(2)16-36)28(37)24-12-23(31-30(40)32-27-19(3)33-42-20(27)4)10-11-25(24)41-26(17)15-34(5)14-21-6-8-22(9-7-21)29(38)39/h6-12,17-18,26,36H,13-16H2,1-5H3,(H,38,39)(H2,31,32,40)/t17-,18-,26+/m0/s1. The molecule has 0 spiro atoms. The number of amides is 3. The number of aryl methyl sites for hydroxylation is 2. The van der Waals surface area contributed by atoms with Crippen LogP contribution in [0.25, 0.3) is 0 Å². The van der Waals surface area contributed by atoms with Gasteiger partial charge in [-0.05, 0) is 63.7 Å². The number of nitrogens with zero attached hydrogens (tertiary/aromatic N) is 3. The largest absolute Gasteiger partial charge is 0.488 e. The zero-order chi connectivity index (χ0) is 30.6. The lowest BCUT2D eigenvalue weighted by Crippen LogP contribution is -2.49. The molecular formula is C30H37N5O7. The fourth-order valence-corrected chi connectivity index (χ4v) is 4.89. The second-order valence-corrected chi connectivity index (χ2v) is 10.8. The minimum absolute atomic E-state index is 0.0773. The quantitative estimate of drug-likeness (QED) is 0.294. The second-order valence-electron chi connectivity index (χ2n) is 10.8. The van der Waals surface area contributed by atoms with Crippen LogP contribution in [-0.4, -0.2) is 82.0 Å². The van der Waals surface area contributed by atoms with E-state index in [9.17, 15) is 19.5 Å². The molecule has 3 atom stereocenters. The van der Waals surface area contributed by atoms with E-state index >= 15 is 0 Å². The number of carboxylic acids is 1. The van der Waals surface area contributed by atoms with Gasteiger partial charge >= 0.3 is 12.0 Å². The van der Waals surface area contributed by atoms with Gasteiger partial charge in [-0.2, -0.15) is 0 Å². The zero-order valence-corrected chi connectivity index (χ0v) is 24.4. The van der Waals surface area contributed by atoms with Crippen molar-refractivity contribution in [3.05, 3.63) is 70.6 Å². The first kappa shape index (κ1) is 30.5. The molecule has 224 valence electrons. The fraction of sp³-hybridized carbons (Fsp3) is 0.400. The first-order valence-corrected chi connectivity index (χ1v) is 13.7. The molecule has 3 aromatic rings. The van der Waals surface area contributed by atoms with Crippen LogP contribution >= 0.6 is 0 Å². The van der Waals surface area contributed by atoms with Crippen molar-refractivity contribution in [2.45, 2.75) is 46.4 Å². The summed E-state index contributed by atoms with van der Waals surface area (Å²) in [5, 5.41) is 28.4. The lowest BCUT2D eigenvalue weighted by molar-refractivity contribution is 0.0341. The number of ether oxygens (including phenoxy) is 1. The van der Waals surface area contributed by atoms with E-state index in [4.69, 9.17) is 14.4 Å². The fourth-order valence-electron chi connectivity index (χ4n) is 4.89. The number of fused-ring (bicyclic) bond motifs is 1. The Morgan fingerprint density at radius 2 is 1.88 bits per heavy atom. The molecule has 0 fully saturated rings. The number of carboxylic acid groups (broad SMARTS) is 1. The maximum Gasteiger partial charge on any atom is 0.335 e. The summed E-state index contributed by atoms with van der Waals surface area (Å²) in [5.74, 6) is -0.505. The van der Waals surface area contributed by atoms with Crippen LogP contribution in [0.2, 0.25) is 0 Å². The Labute approximate surface area is 244 Å². The molecule has 0 unspecified atom stereocenters. The van der Waals surface area contributed by atoms with Gasteiger partial charge in [0, 0.05) is 31.2 Å². The Hall–Kier alpha value is -4.42. The number of carbonyl (C=O) groups is 3. The third-order valence-corrected chi connectivity index (χ3v) is 7.34. The van der Waals surface area contributed by atoms with Gasteiger partial charge in [0.05, 0.1) is 23.8 Å². The maximum absolute atomic E-state index is 13.7. The molecular weight excluding hydrogens is 542 g/mol. The van der Waals surface area contributed by atoms with Gasteiger partial charge in [0.15, 0.2) is 5.76 Å². The summed E-state index contributed by atoms with van der Waals surface area (Å²) in [5.41, 5.74) is 2.86. The van der Waals surface area contributed by atoms with Gasteiger partial charge in [0.25, 0.3) is 5.91 Å². The van der Waals surface area contributed by atoms with Crippen molar-refractivity contribution in [2.24, 2.45) is 5.92 Å². The van der Waals surface area contributed by atoms with Gasteiger partial charge in [-0.15, -0.1) is 0 Å². The third kappa shape index (κ3) is 7.07. The Kier molecular flexibility index (Phi) is 9.48. The van der Waals surface area contributed by atoms with E-state index in [1.165, 1.54) is 0 Å². The van der Waals surface area contributed by atoms with Gasteiger partial charge in [0.1, 0.15) is 23.2 Å². The Morgan fingerprint density at radius 3 is 2.50 bits per heavy atom. The highest BCUT2D eigenvalue weighted by Crippen LogP contribution is 2.31.